The van der Waals surface area contributed by atoms with E-state index in [2.05, 4.69) is 37.2 Å². The molecule has 0 aliphatic rings. The lowest BCUT2D eigenvalue weighted by atomic mass is 10.1. The fourth-order valence-corrected chi connectivity index (χ4v) is 2.45. The second kappa shape index (κ2) is 8.05. The van der Waals surface area contributed by atoms with Gasteiger partial charge in [0, 0.05) is 14.5 Å². The van der Waals surface area contributed by atoms with Crippen molar-refractivity contribution in [2.24, 2.45) is 5.84 Å². The number of carbonyl (C=O) groups excluding carboxylic acids is 2. The molecule has 0 heterocycles. The van der Waals surface area contributed by atoms with Crippen LogP contribution >= 0.6 is 31.9 Å². The zero-order chi connectivity index (χ0) is 16.8. The molecule has 0 aromatic heterocycles. The molecule has 0 saturated carbocycles. The summed E-state index contributed by atoms with van der Waals surface area (Å²) in [6, 6.07) is 14.1. The summed E-state index contributed by atoms with van der Waals surface area (Å²) in [6.07, 6.45) is 1.55. The van der Waals surface area contributed by atoms with Gasteiger partial charge in [-0.1, -0.05) is 50.1 Å². The van der Waals surface area contributed by atoms with Gasteiger partial charge in [0.2, 0.25) is 0 Å². The predicted molar refractivity (Wildman–Crippen MR) is 96.1 cm³/mol. The standard InChI is InChI=1S/C16H13Br2N3O2/c17-12-6-4-10(5-7-12)8-14(16(23)21-19)20-15(22)11-2-1-3-13(18)9-11/h1-9H,19H2,(H,20,22)(H,21,23)/b14-8+. The van der Waals surface area contributed by atoms with E-state index in [1.54, 1.807) is 36.4 Å². The Morgan fingerprint density at radius 3 is 2.30 bits per heavy atom. The quantitative estimate of drug-likeness (QED) is 0.297. The first-order valence-electron chi connectivity index (χ1n) is 6.54. The number of amides is 2. The summed E-state index contributed by atoms with van der Waals surface area (Å²) in [7, 11) is 0. The van der Waals surface area contributed by atoms with E-state index in [1.165, 1.54) is 0 Å². The molecule has 0 bridgehead atoms. The van der Waals surface area contributed by atoms with Gasteiger partial charge in [-0.15, -0.1) is 0 Å². The van der Waals surface area contributed by atoms with Gasteiger partial charge in [0.25, 0.3) is 11.8 Å². The van der Waals surface area contributed by atoms with Crippen molar-refractivity contribution in [3.63, 3.8) is 0 Å². The van der Waals surface area contributed by atoms with Crippen LogP contribution < -0.4 is 16.6 Å². The number of halogens is 2. The van der Waals surface area contributed by atoms with E-state index in [0.29, 0.717) is 5.56 Å². The van der Waals surface area contributed by atoms with Gasteiger partial charge in [-0.2, -0.15) is 0 Å². The molecule has 2 aromatic carbocycles. The Labute approximate surface area is 150 Å². The van der Waals surface area contributed by atoms with E-state index in [4.69, 9.17) is 5.84 Å². The molecule has 2 aromatic rings. The van der Waals surface area contributed by atoms with Gasteiger partial charge in [0.1, 0.15) is 5.70 Å². The molecule has 2 amide bonds. The third kappa shape index (κ3) is 5.02. The first-order chi connectivity index (χ1) is 11.0. The fraction of sp³-hybridized carbons (Fsp3) is 0. The van der Waals surface area contributed by atoms with Crippen molar-refractivity contribution in [3.05, 3.63) is 74.3 Å². The van der Waals surface area contributed by atoms with E-state index in [-0.39, 0.29) is 5.70 Å². The molecule has 2 rings (SSSR count). The summed E-state index contributed by atoms with van der Waals surface area (Å²) in [4.78, 5) is 24.2. The van der Waals surface area contributed by atoms with Crippen molar-refractivity contribution < 1.29 is 9.59 Å². The maximum atomic E-state index is 12.3. The van der Waals surface area contributed by atoms with Gasteiger partial charge in [-0.3, -0.25) is 15.0 Å². The molecular formula is C16H13Br2N3O2. The van der Waals surface area contributed by atoms with Gasteiger partial charge in [-0.05, 0) is 42.0 Å². The normalized spacial score (nSPS) is 11.0. The Balaban J connectivity index is 2.27. The Morgan fingerprint density at radius 1 is 1.00 bits per heavy atom. The lowest BCUT2D eigenvalue weighted by molar-refractivity contribution is -0.117. The van der Waals surface area contributed by atoms with Crippen LogP contribution in [0.4, 0.5) is 0 Å². The van der Waals surface area contributed by atoms with Gasteiger partial charge < -0.3 is 5.32 Å². The molecule has 0 spiro atoms. The smallest absolute Gasteiger partial charge is 0.281 e. The minimum atomic E-state index is -0.587. The van der Waals surface area contributed by atoms with Crippen molar-refractivity contribution >= 4 is 49.8 Å². The van der Waals surface area contributed by atoms with Crippen molar-refractivity contribution in [1.82, 2.24) is 10.7 Å². The highest BCUT2D eigenvalue weighted by molar-refractivity contribution is 9.10. The average molecular weight is 439 g/mol. The molecule has 118 valence electrons. The highest BCUT2D eigenvalue weighted by Gasteiger charge is 2.13. The minimum absolute atomic E-state index is 0.0554. The average Bonchev–Trinajstić information content (AvgIpc) is 2.55. The summed E-state index contributed by atoms with van der Waals surface area (Å²) < 4.78 is 1.68. The van der Waals surface area contributed by atoms with E-state index in [1.807, 2.05) is 23.6 Å². The SMILES string of the molecule is NNC(=O)/C(=C\c1ccc(Br)cc1)NC(=O)c1cccc(Br)c1. The van der Waals surface area contributed by atoms with Crippen LogP contribution in [0.3, 0.4) is 0 Å². The molecule has 0 atom stereocenters. The Hall–Kier alpha value is -1.96. The van der Waals surface area contributed by atoms with Crippen molar-refractivity contribution in [2.75, 3.05) is 0 Å². The topological polar surface area (TPSA) is 84.2 Å². The van der Waals surface area contributed by atoms with E-state index >= 15 is 0 Å². The van der Waals surface area contributed by atoms with Gasteiger partial charge in [0.05, 0.1) is 0 Å². The third-order valence-electron chi connectivity index (χ3n) is 2.89. The van der Waals surface area contributed by atoms with Gasteiger partial charge in [0.15, 0.2) is 0 Å². The first kappa shape index (κ1) is 17.4. The highest BCUT2D eigenvalue weighted by Crippen LogP contribution is 2.14. The van der Waals surface area contributed by atoms with Crippen molar-refractivity contribution in [1.29, 1.82) is 0 Å². The zero-order valence-electron chi connectivity index (χ0n) is 11.8. The van der Waals surface area contributed by atoms with Crippen LogP contribution in [0, 0.1) is 0 Å². The number of carbonyl (C=O) groups is 2. The maximum Gasteiger partial charge on any atom is 0.281 e. The second-order valence-electron chi connectivity index (χ2n) is 4.55. The lowest BCUT2D eigenvalue weighted by Gasteiger charge is -2.09. The first-order valence-corrected chi connectivity index (χ1v) is 8.13. The lowest BCUT2D eigenvalue weighted by Crippen LogP contribution is -2.38. The summed E-state index contributed by atoms with van der Waals surface area (Å²) in [5.41, 5.74) is 3.25. The monoisotopic (exact) mass is 437 g/mol. The Bertz CT molecular complexity index is 758. The molecule has 4 N–H and O–H groups in total. The zero-order valence-corrected chi connectivity index (χ0v) is 15.0. The molecule has 7 heteroatoms. The molecule has 0 radical (unpaired) electrons. The number of rotatable bonds is 4. The number of hydrazine groups is 1. The van der Waals surface area contributed by atoms with Crippen LogP contribution in [0.1, 0.15) is 15.9 Å². The molecule has 0 fully saturated rings. The van der Waals surface area contributed by atoms with E-state index in [0.717, 1.165) is 14.5 Å². The van der Waals surface area contributed by atoms with Gasteiger partial charge in [-0.25, -0.2) is 5.84 Å². The number of hydrogen-bond acceptors (Lipinski definition) is 3. The van der Waals surface area contributed by atoms with E-state index < -0.39 is 11.8 Å². The summed E-state index contributed by atoms with van der Waals surface area (Å²) in [5, 5.41) is 2.57. The molecular weight excluding hydrogens is 426 g/mol. The van der Waals surface area contributed by atoms with Crippen molar-refractivity contribution in [2.45, 2.75) is 0 Å². The Morgan fingerprint density at radius 2 is 1.70 bits per heavy atom. The van der Waals surface area contributed by atoms with Crippen LogP contribution in [0.15, 0.2) is 63.2 Å². The predicted octanol–water partition coefficient (Wildman–Crippen LogP) is 2.97. The molecule has 0 saturated heterocycles. The van der Waals surface area contributed by atoms with E-state index in [9.17, 15) is 9.59 Å². The summed E-state index contributed by atoms with van der Waals surface area (Å²) >= 11 is 6.64. The van der Waals surface area contributed by atoms with Crippen LogP contribution in [0.5, 0.6) is 0 Å². The van der Waals surface area contributed by atoms with Crippen LogP contribution in [-0.4, -0.2) is 11.8 Å². The molecule has 0 aliphatic heterocycles. The minimum Gasteiger partial charge on any atom is -0.317 e. The summed E-state index contributed by atoms with van der Waals surface area (Å²) in [5.74, 6) is 4.19. The maximum absolute atomic E-state index is 12.3. The molecule has 0 aliphatic carbocycles. The van der Waals surface area contributed by atoms with Crippen LogP contribution in [0.2, 0.25) is 0 Å². The summed E-state index contributed by atoms with van der Waals surface area (Å²) in [6.45, 7) is 0. The second-order valence-corrected chi connectivity index (χ2v) is 6.38. The fourth-order valence-electron chi connectivity index (χ4n) is 1.79. The number of nitrogens with two attached hydrogens (primary N) is 1. The Kier molecular flexibility index (Phi) is 6.09. The number of nitrogens with one attached hydrogen (secondary N) is 2. The number of benzene rings is 2. The van der Waals surface area contributed by atoms with Crippen molar-refractivity contribution in [3.8, 4) is 0 Å². The largest absolute Gasteiger partial charge is 0.317 e. The molecule has 0 unspecified atom stereocenters. The number of hydrogen-bond donors (Lipinski definition) is 3. The molecule has 5 nitrogen and oxygen atoms in total. The highest BCUT2D eigenvalue weighted by atomic mass is 79.9. The van der Waals surface area contributed by atoms with Crippen LogP contribution in [0.25, 0.3) is 6.08 Å². The third-order valence-corrected chi connectivity index (χ3v) is 3.91. The van der Waals surface area contributed by atoms with Crippen LogP contribution in [-0.2, 0) is 4.79 Å². The molecule has 23 heavy (non-hydrogen) atoms. The van der Waals surface area contributed by atoms with Gasteiger partial charge >= 0.3 is 0 Å².